The molecule has 0 saturated heterocycles. The third-order valence-corrected chi connectivity index (χ3v) is 14.3. The molecule has 0 N–H and O–H groups in total. The van der Waals surface area contributed by atoms with E-state index in [9.17, 15) is 0 Å². The van der Waals surface area contributed by atoms with Gasteiger partial charge in [0, 0.05) is 10.8 Å². The highest BCUT2D eigenvalue weighted by molar-refractivity contribution is 6.28. The monoisotopic (exact) mass is 748 g/mol. The second kappa shape index (κ2) is 11.5. The molecule has 0 heteroatoms. The second-order valence-corrected chi connectivity index (χ2v) is 20.6. The maximum atomic E-state index is 2.55. The van der Waals surface area contributed by atoms with Crippen molar-refractivity contribution in [2.24, 2.45) is 0 Å². The Morgan fingerprint density at radius 3 is 1.14 bits per heavy atom. The Morgan fingerprint density at radius 2 is 0.724 bits per heavy atom. The van der Waals surface area contributed by atoms with E-state index >= 15 is 0 Å². The molecule has 0 fully saturated rings. The van der Waals surface area contributed by atoms with Gasteiger partial charge in [-0.3, -0.25) is 0 Å². The Hall–Kier alpha value is -5.72. The summed E-state index contributed by atoms with van der Waals surface area (Å²) in [6, 6.07) is 52.1. The SMILES string of the molecule is CC(C)(C)c1cc2c3c(cc(C(C)(C)C)cc3c1)-c1c-2c(-c2ccc3c(c2)C(C)(C)c2ccccc2-3)c2ccccc2c1-c1ccc2c(c1)C(C)(C)c1ccccc1-2. The fourth-order valence-electron chi connectivity index (χ4n) is 11.1. The molecule has 58 heavy (non-hydrogen) atoms. The van der Waals surface area contributed by atoms with Crippen molar-refractivity contribution in [3.8, 4) is 66.8 Å². The molecule has 11 rings (SSSR count). The van der Waals surface area contributed by atoms with Crippen LogP contribution in [0.2, 0.25) is 0 Å². The minimum atomic E-state index is -0.0976. The van der Waals surface area contributed by atoms with Crippen LogP contribution in [0.4, 0.5) is 0 Å². The van der Waals surface area contributed by atoms with Crippen LogP contribution in [0.1, 0.15) is 103 Å². The molecule has 284 valence electrons. The van der Waals surface area contributed by atoms with Gasteiger partial charge in [-0.25, -0.2) is 0 Å². The summed E-state index contributed by atoms with van der Waals surface area (Å²) in [5.74, 6) is 0. The lowest BCUT2D eigenvalue weighted by Gasteiger charge is -2.25. The fraction of sp³-hybridized carbons (Fsp3) is 0.241. The second-order valence-electron chi connectivity index (χ2n) is 20.6. The number of benzene rings is 8. The number of fused-ring (bicyclic) bond motifs is 10. The Morgan fingerprint density at radius 1 is 0.345 bits per heavy atom. The molecule has 8 aromatic rings. The van der Waals surface area contributed by atoms with Gasteiger partial charge >= 0.3 is 0 Å². The van der Waals surface area contributed by atoms with Crippen LogP contribution in [0.5, 0.6) is 0 Å². The number of hydrogen-bond acceptors (Lipinski definition) is 0. The van der Waals surface area contributed by atoms with Gasteiger partial charge in [0.1, 0.15) is 0 Å². The summed E-state index contributed by atoms with van der Waals surface area (Å²) in [6.45, 7) is 23.8. The van der Waals surface area contributed by atoms with Crippen molar-refractivity contribution in [1.29, 1.82) is 0 Å². The van der Waals surface area contributed by atoms with Crippen LogP contribution >= 0.6 is 0 Å². The van der Waals surface area contributed by atoms with Crippen LogP contribution in [-0.4, -0.2) is 0 Å². The Labute approximate surface area is 344 Å². The van der Waals surface area contributed by atoms with E-state index in [-0.39, 0.29) is 21.7 Å². The van der Waals surface area contributed by atoms with Gasteiger partial charge in [0.05, 0.1) is 0 Å². The Kier molecular flexibility index (Phi) is 7.01. The van der Waals surface area contributed by atoms with Crippen molar-refractivity contribution < 1.29 is 0 Å². The van der Waals surface area contributed by atoms with Crippen LogP contribution in [0.15, 0.2) is 133 Å². The largest absolute Gasteiger partial charge is 0.0619 e. The van der Waals surface area contributed by atoms with Gasteiger partial charge < -0.3 is 0 Å². The molecule has 0 aromatic heterocycles. The third kappa shape index (κ3) is 4.69. The first-order valence-electron chi connectivity index (χ1n) is 21.3. The lowest BCUT2D eigenvalue weighted by Crippen LogP contribution is -2.15. The first kappa shape index (κ1) is 35.4. The highest BCUT2D eigenvalue weighted by Gasteiger charge is 2.39. The van der Waals surface area contributed by atoms with Gasteiger partial charge in [0.2, 0.25) is 0 Å². The van der Waals surface area contributed by atoms with E-state index in [0.717, 1.165) is 0 Å². The van der Waals surface area contributed by atoms with Crippen LogP contribution < -0.4 is 0 Å². The van der Waals surface area contributed by atoms with E-state index in [4.69, 9.17) is 0 Å². The van der Waals surface area contributed by atoms with Crippen molar-refractivity contribution in [3.63, 3.8) is 0 Å². The van der Waals surface area contributed by atoms with Gasteiger partial charge in [-0.15, -0.1) is 0 Å². The number of hydrogen-bond donors (Lipinski definition) is 0. The summed E-state index contributed by atoms with van der Waals surface area (Å²) < 4.78 is 0. The van der Waals surface area contributed by atoms with E-state index in [1.54, 1.807) is 0 Å². The fourth-order valence-corrected chi connectivity index (χ4v) is 11.1. The Balaban J connectivity index is 1.30. The van der Waals surface area contributed by atoms with E-state index in [2.05, 4.69) is 203 Å². The maximum absolute atomic E-state index is 2.55. The topological polar surface area (TPSA) is 0 Å². The molecule has 0 bridgehead atoms. The van der Waals surface area contributed by atoms with Gasteiger partial charge in [0.25, 0.3) is 0 Å². The molecule has 0 heterocycles. The van der Waals surface area contributed by atoms with Crippen LogP contribution in [0.25, 0.3) is 88.3 Å². The first-order chi connectivity index (χ1) is 27.5. The quantitative estimate of drug-likeness (QED) is 0.165. The summed E-state index contributed by atoms with van der Waals surface area (Å²) >= 11 is 0. The predicted molar refractivity (Wildman–Crippen MR) is 249 cm³/mol. The summed E-state index contributed by atoms with van der Waals surface area (Å²) in [4.78, 5) is 0. The van der Waals surface area contributed by atoms with Gasteiger partial charge in [-0.1, -0.05) is 178 Å². The van der Waals surface area contributed by atoms with E-state index < -0.39 is 0 Å². The van der Waals surface area contributed by atoms with Crippen molar-refractivity contribution in [1.82, 2.24) is 0 Å². The van der Waals surface area contributed by atoms with Crippen molar-refractivity contribution in [3.05, 3.63) is 167 Å². The predicted octanol–water partition coefficient (Wildman–Crippen LogP) is 16.2. The molecule has 0 radical (unpaired) electrons. The molecule has 0 amide bonds. The first-order valence-corrected chi connectivity index (χ1v) is 21.3. The van der Waals surface area contributed by atoms with Crippen LogP contribution in [-0.2, 0) is 21.7 Å². The molecule has 0 aliphatic heterocycles. The van der Waals surface area contributed by atoms with Crippen molar-refractivity contribution in [2.45, 2.75) is 90.9 Å². The lowest BCUT2D eigenvalue weighted by molar-refractivity contribution is 0.589. The van der Waals surface area contributed by atoms with Crippen molar-refractivity contribution >= 4 is 21.5 Å². The molecule has 3 aliphatic rings. The van der Waals surface area contributed by atoms with Gasteiger partial charge in [0.15, 0.2) is 0 Å². The summed E-state index contributed by atoms with van der Waals surface area (Å²) in [5, 5.41) is 5.35. The molecule has 0 atom stereocenters. The highest BCUT2D eigenvalue weighted by Crippen LogP contribution is 2.61. The molecule has 0 unspecified atom stereocenters. The molecular weight excluding hydrogens is 697 g/mol. The number of rotatable bonds is 2. The molecule has 0 spiro atoms. The average Bonchev–Trinajstić information content (AvgIpc) is 3.73. The molecule has 3 aliphatic carbocycles. The minimum absolute atomic E-state index is 0.0187. The van der Waals surface area contributed by atoms with Crippen LogP contribution in [0.3, 0.4) is 0 Å². The zero-order valence-electron chi connectivity index (χ0n) is 35.7. The zero-order chi connectivity index (χ0) is 40.3. The maximum Gasteiger partial charge on any atom is 0.0159 e. The van der Waals surface area contributed by atoms with E-state index in [1.807, 2.05) is 0 Å². The molecule has 8 aromatic carbocycles. The Bertz CT molecular complexity index is 2900. The third-order valence-electron chi connectivity index (χ3n) is 14.3. The molecule has 0 nitrogen and oxygen atoms in total. The van der Waals surface area contributed by atoms with Gasteiger partial charge in [-0.05, 0) is 157 Å². The molecular formula is C58H52. The standard InChI is InChI=1S/C58H52/c1-55(2,3)36-27-35-28-37(56(4,5)6)32-45-50(35)44(31-36)53-51(33-23-25-40-38-17-13-15-21-46(38)57(7,8)48(40)29-33)42-19-11-12-20-43(42)52(54(45)53)34-24-26-41-39-18-14-16-22-47(39)58(9,10)49(41)30-34/h11-32H,1-10H3. The van der Waals surface area contributed by atoms with E-state index in [1.165, 1.54) is 122 Å². The van der Waals surface area contributed by atoms with Crippen molar-refractivity contribution in [2.75, 3.05) is 0 Å². The summed E-state index contributed by atoms with van der Waals surface area (Å²) in [6.07, 6.45) is 0. The minimum Gasteiger partial charge on any atom is -0.0619 e. The molecule has 0 saturated carbocycles. The van der Waals surface area contributed by atoms with Crippen LogP contribution in [0, 0.1) is 0 Å². The highest BCUT2D eigenvalue weighted by atomic mass is 14.4. The van der Waals surface area contributed by atoms with E-state index in [0.29, 0.717) is 0 Å². The summed E-state index contributed by atoms with van der Waals surface area (Å²) in [7, 11) is 0. The smallest absolute Gasteiger partial charge is 0.0159 e. The summed E-state index contributed by atoms with van der Waals surface area (Å²) in [5.41, 5.74) is 24.4. The normalized spacial score (nSPS) is 15.3. The van der Waals surface area contributed by atoms with Gasteiger partial charge in [-0.2, -0.15) is 0 Å². The zero-order valence-corrected chi connectivity index (χ0v) is 35.7. The lowest BCUT2D eigenvalue weighted by atomic mass is 9.78. The average molecular weight is 749 g/mol.